The molecule has 0 aromatic carbocycles. The van der Waals surface area contributed by atoms with Crippen LogP contribution < -0.4 is 0 Å². The van der Waals surface area contributed by atoms with E-state index >= 15 is 0 Å². The van der Waals surface area contributed by atoms with E-state index in [1.807, 2.05) is 0 Å². The Bertz CT molecular complexity index is 592. The molecule has 0 aromatic rings. The molecule has 1 aliphatic carbocycles. The molecule has 0 aromatic heterocycles. The Morgan fingerprint density at radius 3 is 2.00 bits per heavy atom. The lowest BCUT2D eigenvalue weighted by atomic mass is 9.72. The van der Waals surface area contributed by atoms with Crippen molar-refractivity contribution in [2.24, 2.45) is 5.92 Å². The summed E-state index contributed by atoms with van der Waals surface area (Å²) in [6.07, 6.45) is 6.70. The molecule has 22 heavy (non-hydrogen) atoms. The van der Waals surface area contributed by atoms with E-state index in [1.165, 1.54) is 39.0 Å². The average Bonchev–Trinajstić information content (AvgIpc) is 2.36. The van der Waals surface area contributed by atoms with Gasteiger partial charge < -0.3 is 0 Å². The third-order valence-electron chi connectivity index (χ3n) is 4.47. The molecule has 120 valence electrons. The largest absolute Gasteiger partial charge is 0.0955 e. The normalized spacial score (nSPS) is 18.5. The van der Waals surface area contributed by atoms with Gasteiger partial charge in [0.25, 0.3) is 0 Å². The van der Waals surface area contributed by atoms with E-state index < -0.39 is 0 Å². The van der Waals surface area contributed by atoms with Crippen LogP contribution in [0, 0.1) is 5.92 Å². The van der Waals surface area contributed by atoms with Gasteiger partial charge in [0.2, 0.25) is 0 Å². The van der Waals surface area contributed by atoms with E-state index in [0.29, 0.717) is 5.92 Å². The van der Waals surface area contributed by atoms with Crippen LogP contribution >= 0.6 is 0 Å². The topological polar surface area (TPSA) is 0 Å². The molecule has 1 rings (SSSR count). The summed E-state index contributed by atoms with van der Waals surface area (Å²) < 4.78 is 0. The lowest BCUT2D eigenvalue weighted by Gasteiger charge is -2.32. The smallest absolute Gasteiger partial charge is 0.00862 e. The summed E-state index contributed by atoms with van der Waals surface area (Å²) in [5, 5.41) is 0. The first kappa shape index (κ1) is 18.5. The minimum Gasteiger partial charge on any atom is -0.0955 e. The molecule has 0 amide bonds. The lowest BCUT2D eigenvalue weighted by molar-refractivity contribution is 0.706. The second kappa shape index (κ2) is 7.63. The predicted octanol–water partition coefficient (Wildman–Crippen LogP) is 7.09. The highest BCUT2D eigenvalue weighted by Gasteiger charge is 2.27. The molecular formula is C22H32. The van der Waals surface area contributed by atoms with Crippen LogP contribution in [0.25, 0.3) is 0 Å². The van der Waals surface area contributed by atoms with Crippen molar-refractivity contribution in [3.63, 3.8) is 0 Å². The van der Waals surface area contributed by atoms with Crippen LogP contribution in [0.4, 0.5) is 0 Å². The van der Waals surface area contributed by atoms with Gasteiger partial charge in [0.05, 0.1) is 0 Å². The molecule has 0 bridgehead atoms. The number of allylic oxidation sites excluding steroid dienone is 10. The fraction of sp³-hybridized carbons (Fsp3) is 0.455. The first-order chi connectivity index (χ1) is 10.2. The Labute approximate surface area is 137 Å². The summed E-state index contributed by atoms with van der Waals surface area (Å²) in [6, 6.07) is 0. The minimum absolute atomic E-state index is 0.408. The second-order valence-corrected chi connectivity index (χ2v) is 7.02. The third-order valence-corrected chi connectivity index (χ3v) is 4.47. The fourth-order valence-electron chi connectivity index (χ4n) is 3.22. The zero-order chi connectivity index (χ0) is 17.0. The van der Waals surface area contributed by atoms with Crippen LogP contribution in [0.2, 0.25) is 0 Å². The second-order valence-electron chi connectivity index (χ2n) is 7.02. The van der Waals surface area contributed by atoms with Crippen molar-refractivity contribution in [2.45, 2.75) is 61.3 Å². The van der Waals surface area contributed by atoms with Gasteiger partial charge in [-0.1, -0.05) is 47.6 Å². The van der Waals surface area contributed by atoms with Gasteiger partial charge >= 0.3 is 0 Å². The van der Waals surface area contributed by atoms with E-state index in [-0.39, 0.29) is 0 Å². The summed E-state index contributed by atoms with van der Waals surface area (Å²) in [5.74, 6) is 0.408. The summed E-state index contributed by atoms with van der Waals surface area (Å²) in [6.45, 7) is 23.9. The van der Waals surface area contributed by atoms with E-state index in [1.54, 1.807) is 0 Å². The van der Waals surface area contributed by atoms with Crippen molar-refractivity contribution in [3.05, 3.63) is 69.9 Å². The molecule has 1 unspecified atom stereocenters. The molecule has 0 aliphatic heterocycles. The van der Waals surface area contributed by atoms with Gasteiger partial charge in [-0.15, -0.1) is 0 Å². The highest BCUT2D eigenvalue weighted by atomic mass is 14.3. The van der Waals surface area contributed by atoms with Gasteiger partial charge in [-0.2, -0.15) is 0 Å². The molecule has 0 saturated carbocycles. The van der Waals surface area contributed by atoms with Crippen LogP contribution in [0.3, 0.4) is 0 Å². The van der Waals surface area contributed by atoms with Crippen LogP contribution in [0.1, 0.15) is 61.3 Å². The summed E-state index contributed by atoms with van der Waals surface area (Å²) >= 11 is 0. The molecule has 0 heteroatoms. The Hall–Kier alpha value is -1.56. The van der Waals surface area contributed by atoms with Crippen LogP contribution in [0.15, 0.2) is 69.9 Å². The van der Waals surface area contributed by atoms with Crippen molar-refractivity contribution >= 4 is 0 Å². The van der Waals surface area contributed by atoms with Crippen LogP contribution in [-0.2, 0) is 0 Å². The average molecular weight is 296 g/mol. The molecule has 1 aliphatic rings. The fourth-order valence-corrected chi connectivity index (χ4v) is 3.22. The summed E-state index contributed by atoms with van der Waals surface area (Å²) in [7, 11) is 0. The standard InChI is InChI=1S/C22H32/c1-14(2)10-12-20-17(7)21(13-11-15(3)4)19(9)22(16(5)6)18(20)8/h10-11,20H,5,8,12-13H2,1-4,6-7,9H3. The molecule has 0 heterocycles. The van der Waals surface area contributed by atoms with Gasteiger partial charge in [0.15, 0.2) is 0 Å². The molecule has 1 atom stereocenters. The van der Waals surface area contributed by atoms with E-state index in [4.69, 9.17) is 0 Å². The molecule has 0 spiro atoms. The zero-order valence-corrected chi connectivity index (χ0v) is 15.6. The summed E-state index contributed by atoms with van der Waals surface area (Å²) in [5.41, 5.74) is 10.7. The zero-order valence-electron chi connectivity index (χ0n) is 15.6. The van der Waals surface area contributed by atoms with Gasteiger partial charge in [0, 0.05) is 5.92 Å². The van der Waals surface area contributed by atoms with Crippen LogP contribution in [0.5, 0.6) is 0 Å². The van der Waals surface area contributed by atoms with Gasteiger partial charge in [-0.05, 0) is 83.6 Å². The Morgan fingerprint density at radius 1 is 1.00 bits per heavy atom. The number of hydrogen-bond acceptors (Lipinski definition) is 0. The third kappa shape index (κ3) is 4.22. The quantitative estimate of drug-likeness (QED) is 0.475. The molecule has 0 radical (unpaired) electrons. The Kier molecular flexibility index (Phi) is 6.41. The highest BCUT2D eigenvalue weighted by Crippen LogP contribution is 2.43. The number of hydrogen-bond donors (Lipinski definition) is 0. The first-order valence-corrected chi connectivity index (χ1v) is 8.19. The maximum atomic E-state index is 4.41. The molecule has 0 N–H and O–H groups in total. The van der Waals surface area contributed by atoms with Gasteiger partial charge in [0.1, 0.15) is 0 Å². The molecule has 0 fully saturated rings. The predicted molar refractivity (Wildman–Crippen MR) is 101 cm³/mol. The van der Waals surface area contributed by atoms with Crippen molar-refractivity contribution < 1.29 is 0 Å². The lowest BCUT2D eigenvalue weighted by Crippen LogP contribution is -2.16. The minimum atomic E-state index is 0.408. The summed E-state index contributed by atoms with van der Waals surface area (Å²) in [4.78, 5) is 0. The Balaban J connectivity index is 3.38. The van der Waals surface area contributed by atoms with Crippen molar-refractivity contribution in [1.29, 1.82) is 0 Å². The first-order valence-electron chi connectivity index (χ1n) is 8.19. The van der Waals surface area contributed by atoms with E-state index in [0.717, 1.165) is 18.4 Å². The Morgan fingerprint density at radius 2 is 1.55 bits per heavy atom. The van der Waals surface area contributed by atoms with Gasteiger partial charge in [-0.25, -0.2) is 0 Å². The highest BCUT2D eigenvalue weighted by molar-refractivity contribution is 5.60. The van der Waals surface area contributed by atoms with E-state index in [2.05, 4.69) is 73.8 Å². The van der Waals surface area contributed by atoms with Crippen molar-refractivity contribution in [1.82, 2.24) is 0 Å². The monoisotopic (exact) mass is 296 g/mol. The van der Waals surface area contributed by atoms with Crippen molar-refractivity contribution in [3.8, 4) is 0 Å². The van der Waals surface area contributed by atoms with Crippen LogP contribution in [-0.4, -0.2) is 0 Å². The van der Waals surface area contributed by atoms with Crippen molar-refractivity contribution in [2.75, 3.05) is 0 Å². The molecule has 0 saturated heterocycles. The maximum Gasteiger partial charge on any atom is 0.00862 e. The van der Waals surface area contributed by atoms with E-state index in [9.17, 15) is 0 Å². The maximum absolute atomic E-state index is 4.41. The van der Waals surface area contributed by atoms with Gasteiger partial charge in [-0.3, -0.25) is 0 Å². The SMILES string of the molecule is C=C(C)C1=C(C)C(CC=C(C)C)=C(C)C(CC=C(C)C)C1=C. The number of rotatable bonds is 5. The molecular weight excluding hydrogens is 264 g/mol. The molecule has 0 nitrogen and oxygen atoms in total.